The Labute approximate surface area is 178 Å². The predicted molar refractivity (Wildman–Crippen MR) is 121 cm³/mol. The number of nitrogens with zero attached hydrogens (tertiary/aromatic N) is 1. The summed E-state index contributed by atoms with van der Waals surface area (Å²) in [5.41, 5.74) is 3.15. The first-order valence-electron chi connectivity index (χ1n) is 9.54. The van der Waals surface area contributed by atoms with Gasteiger partial charge in [0.15, 0.2) is 0 Å². The third kappa shape index (κ3) is 4.21. The lowest BCUT2D eigenvalue weighted by molar-refractivity contribution is 0.0958. The van der Waals surface area contributed by atoms with Crippen LogP contribution in [0.1, 0.15) is 27.7 Å². The van der Waals surface area contributed by atoms with E-state index in [0.29, 0.717) is 23.2 Å². The van der Waals surface area contributed by atoms with Crippen molar-refractivity contribution in [2.75, 3.05) is 13.2 Å². The molecular formula is C23H21ClN2O2S. The molecule has 0 fully saturated rings. The van der Waals surface area contributed by atoms with E-state index in [-0.39, 0.29) is 5.91 Å². The van der Waals surface area contributed by atoms with Crippen molar-refractivity contribution in [1.29, 1.82) is 0 Å². The molecule has 1 N–H and O–H groups in total. The van der Waals surface area contributed by atoms with Gasteiger partial charge in [-0.05, 0) is 56.2 Å². The molecule has 4 nitrogen and oxygen atoms in total. The van der Waals surface area contributed by atoms with E-state index in [1.807, 2.05) is 56.3 Å². The van der Waals surface area contributed by atoms with Crippen LogP contribution >= 0.6 is 22.9 Å². The number of ether oxygens (including phenoxy) is 1. The van der Waals surface area contributed by atoms with Crippen LogP contribution in [0.3, 0.4) is 0 Å². The fourth-order valence-corrected chi connectivity index (χ4v) is 4.67. The zero-order valence-corrected chi connectivity index (χ0v) is 17.9. The zero-order valence-electron chi connectivity index (χ0n) is 16.3. The number of thiophene rings is 1. The number of halogens is 1. The van der Waals surface area contributed by atoms with E-state index in [4.69, 9.17) is 16.3 Å². The molecule has 2 aromatic carbocycles. The molecule has 0 radical (unpaired) electrons. The fraction of sp³-hybridized carbons (Fsp3) is 0.217. The third-order valence-corrected chi connectivity index (χ3v) is 6.18. The molecule has 29 heavy (non-hydrogen) atoms. The number of carbonyl (C=O) groups excluding carboxylic acids is 1. The number of aromatic nitrogens is 1. The molecule has 2 aromatic heterocycles. The molecule has 0 aliphatic heterocycles. The second-order valence-corrected chi connectivity index (χ2v) is 8.27. The van der Waals surface area contributed by atoms with Gasteiger partial charge in [0, 0.05) is 22.0 Å². The minimum absolute atomic E-state index is 0.0889. The van der Waals surface area contributed by atoms with E-state index in [2.05, 4.69) is 16.4 Å². The van der Waals surface area contributed by atoms with Crippen molar-refractivity contribution in [1.82, 2.24) is 10.3 Å². The summed E-state index contributed by atoms with van der Waals surface area (Å²) in [6, 6.07) is 15.9. The zero-order chi connectivity index (χ0) is 20.4. The van der Waals surface area contributed by atoms with E-state index in [1.54, 1.807) is 0 Å². The highest BCUT2D eigenvalue weighted by molar-refractivity contribution is 7.21. The van der Waals surface area contributed by atoms with E-state index in [0.717, 1.165) is 44.3 Å². The van der Waals surface area contributed by atoms with Gasteiger partial charge < -0.3 is 10.1 Å². The van der Waals surface area contributed by atoms with Crippen LogP contribution < -0.4 is 10.1 Å². The molecule has 2 heterocycles. The number of hydrogen-bond donors (Lipinski definition) is 1. The Kier molecular flexibility index (Phi) is 5.69. The first-order chi connectivity index (χ1) is 14.0. The SMILES string of the molecule is CCOc1ccc(CCNC(=O)c2cc3c(Cl)nc4ccc(C)cc4c3s2)cc1. The highest BCUT2D eigenvalue weighted by Crippen LogP contribution is 2.36. The number of fused-ring (bicyclic) bond motifs is 3. The molecule has 0 saturated carbocycles. The van der Waals surface area contributed by atoms with Gasteiger partial charge in [-0.2, -0.15) is 0 Å². The normalized spacial score (nSPS) is 11.1. The van der Waals surface area contributed by atoms with Crippen LogP contribution in [0, 0.1) is 6.92 Å². The number of nitrogens with one attached hydrogen (secondary N) is 1. The summed E-state index contributed by atoms with van der Waals surface area (Å²) in [6.07, 6.45) is 0.757. The minimum Gasteiger partial charge on any atom is -0.494 e. The molecule has 0 aliphatic carbocycles. The van der Waals surface area contributed by atoms with Gasteiger partial charge >= 0.3 is 0 Å². The number of rotatable bonds is 6. The molecule has 0 bridgehead atoms. The minimum atomic E-state index is -0.0889. The van der Waals surface area contributed by atoms with E-state index in [9.17, 15) is 4.79 Å². The number of benzene rings is 2. The van der Waals surface area contributed by atoms with Crippen molar-refractivity contribution in [3.05, 3.63) is 69.7 Å². The highest BCUT2D eigenvalue weighted by Gasteiger charge is 2.15. The molecule has 0 spiro atoms. The summed E-state index contributed by atoms with van der Waals surface area (Å²) in [5, 5.41) is 5.29. The quantitative estimate of drug-likeness (QED) is 0.399. The van der Waals surface area contributed by atoms with Gasteiger partial charge in [-0.25, -0.2) is 4.98 Å². The highest BCUT2D eigenvalue weighted by atomic mass is 35.5. The second kappa shape index (κ2) is 8.39. The van der Waals surface area contributed by atoms with Crippen LogP contribution in [0.4, 0.5) is 0 Å². The van der Waals surface area contributed by atoms with Gasteiger partial charge in [0.05, 0.1) is 17.0 Å². The first kappa shape index (κ1) is 19.7. The smallest absolute Gasteiger partial charge is 0.261 e. The van der Waals surface area contributed by atoms with Gasteiger partial charge in [0.1, 0.15) is 10.9 Å². The number of pyridine rings is 1. The Bertz CT molecular complexity index is 1190. The maximum atomic E-state index is 12.7. The van der Waals surface area contributed by atoms with Crippen LogP contribution in [0.15, 0.2) is 48.5 Å². The van der Waals surface area contributed by atoms with Crippen LogP contribution in [0.25, 0.3) is 21.0 Å². The van der Waals surface area contributed by atoms with Gasteiger partial charge in [-0.15, -0.1) is 11.3 Å². The van der Waals surface area contributed by atoms with Gasteiger partial charge in [0.25, 0.3) is 5.91 Å². The molecular weight excluding hydrogens is 404 g/mol. The number of aryl methyl sites for hydroxylation is 1. The number of carbonyl (C=O) groups is 1. The van der Waals surface area contributed by atoms with Gasteiger partial charge in [-0.3, -0.25) is 4.79 Å². The van der Waals surface area contributed by atoms with Crippen molar-refractivity contribution >= 4 is 49.8 Å². The number of amides is 1. The Morgan fingerprint density at radius 3 is 2.69 bits per heavy atom. The molecule has 0 saturated heterocycles. The maximum Gasteiger partial charge on any atom is 0.261 e. The van der Waals surface area contributed by atoms with Crippen molar-refractivity contribution in [3.8, 4) is 5.75 Å². The largest absolute Gasteiger partial charge is 0.494 e. The van der Waals surface area contributed by atoms with Crippen LogP contribution in [0.2, 0.25) is 5.15 Å². The molecule has 4 rings (SSSR count). The van der Waals surface area contributed by atoms with Crippen LogP contribution in [-0.4, -0.2) is 24.0 Å². The summed E-state index contributed by atoms with van der Waals surface area (Å²) in [5.74, 6) is 0.771. The monoisotopic (exact) mass is 424 g/mol. The summed E-state index contributed by atoms with van der Waals surface area (Å²) in [4.78, 5) is 17.8. The first-order valence-corrected chi connectivity index (χ1v) is 10.7. The van der Waals surface area contributed by atoms with Crippen molar-refractivity contribution in [2.45, 2.75) is 20.3 Å². The van der Waals surface area contributed by atoms with Crippen molar-refractivity contribution in [2.24, 2.45) is 0 Å². The molecule has 0 aliphatic rings. The predicted octanol–water partition coefficient (Wildman–Crippen LogP) is 5.78. The Morgan fingerprint density at radius 2 is 1.93 bits per heavy atom. The molecule has 6 heteroatoms. The summed E-state index contributed by atoms with van der Waals surface area (Å²) in [6.45, 7) is 5.22. The van der Waals surface area contributed by atoms with E-state index < -0.39 is 0 Å². The van der Waals surface area contributed by atoms with Gasteiger partial charge in [0.2, 0.25) is 0 Å². The van der Waals surface area contributed by atoms with Gasteiger partial charge in [-0.1, -0.05) is 35.4 Å². The number of hydrogen-bond acceptors (Lipinski definition) is 4. The summed E-state index contributed by atoms with van der Waals surface area (Å²) < 4.78 is 6.45. The second-order valence-electron chi connectivity index (χ2n) is 6.86. The summed E-state index contributed by atoms with van der Waals surface area (Å²) >= 11 is 7.83. The Morgan fingerprint density at radius 1 is 1.14 bits per heavy atom. The van der Waals surface area contributed by atoms with E-state index in [1.165, 1.54) is 11.3 Å². The fourth-order valence-electron chi connectivity index (χ4n) is 3.28. The third-order valence-electron chi connectivity index (χ3n) is 4.73. The Balaban J connectivity index is 1.49. The van der Waals surface area contributed by atoms with Crippen molar-refractivity contribution < 1.29 is 9.53 Å². The van der Waals surface area contributed by atoms with Crippen molar-refractivity contribution in [3.63, 3.8) is 0 Å². The molecule has 0 unspecified atom stereocenters. The lowest BCUT2D eigenvalue weighted by Crippen LogP contribution is -2.24. The standard InChI is InChI=1S/C23H21ClN2O2S/c1-3-28-16-7-5-15(6-8-16)10-11-25-23(27)20-13-18-21(29-20)17-12-14(2)4-9-19(17)26-22(18)24/h4-9,12-13H,3,10-11H2,1-2H3,(H,25,27). The molecule has 4 aromatic rings. The average Bonchev–Trinajstić information content (AvgIpc) is 3.17. The van der Waals surface area contributed by atoms with Crippen LogP contribution in [-0.2, 0) is 6.42 Å². The topological polar surface area (TPSA) is 51.2 Å². The lowest BCUT2D eigenvalue weighted by atomic mass is 10.1. The summed E-state index contributed by atoms with van der Waals surface area (Å²) in [7, 11) is 0. The van der Waals surface area contributed by atoms with Crippen LogP contribution in [0.5, 0.6) is 5.75 Å². The lowest BCUT2D eigenvalue weighted by Gasteiger charge is -2.06. The Hall–Kier alpha value is -2.63. The molecule has 1 amide bonds. The maximum absolute atomic E-state index is 12.7. The molecule has 148 valence electrons. The molecule has 0 atom stereocenters. The van der Waals surface area contributed by atoms with E-state index >= 15 is 0 Å². The average molecular weight is 425 g/mol.